The van der Waals surface area contributed by atoms with E-state index >= 15 is 0 Å². The van der Waals surface area contributed by atoms with E-state index in [4.69, 9.17) is 0 Å². The number of anilines is 1. The van der Waals surface area contributed by atoms with Crippen LogP contribution >= 0.6 is 11.8 Å². The van der Waals surface area contributed by atoms with E-state index in [2.05, 4.69) is 20.5 Å². The van der Waals surface area contributed by atoms with Crippen LogP contribution in [0.4, 0.5) is 5.69 Å². The Kier molecular flexibility index (Phi) is 6.20. The Labute approximate surface area is 167 Å². The highest BCUT2D eigenvalue weighted by atomic mass is 32.2. The molecular weight excluding hydrogens is 374 g/mol. The average molecular weight is 395 g/mol. The van der Waals surface area contributed by atoms with E-state index in [0.717, 1.165) is 5.56 Å². The molecule has 0 bridgehead atoms. The van der Waals surface area contributed by atoms with E-state index in [9.17, 15) is 9.59 Å². The number of benzene rings is 1. The van der Waals surface area contributed by atoms with Crippen LogP contribution in [0, 0.1) is 0 Å². The summed E-state index contributed by atoms with van der Waals surface area (Å²) in [6.45, 7) is 3.45. The minimum absolute atomic E-state index is 0.0414. The van der Waals surface area contributed by atoms with Gasteiger partial charge in [-0.05, 0) is 37.6 Å². The van der Waals surface area contributed by atoms with Gasteiger partial charge in [0.1, 0.15) is 0 Å². The first-order chi connectivity index (χ1) is 13.5. The molecule has 0 fully saturated rings. The minimum atomic E-state index is -0.339. The molecule has 3 aromatic rings. The van der Waals surface area contributed by atoms with Crippen LogP contribution in [0.1, 0.15) is 30.6 Å². The first-order valence-electron chi connectivity index (χ1n) is 8.88. The fraction of sp³-hybridized carbons (Fsp3) is 0.250. The van der Waals surface area contributed by atoms with E-state index in [1.165, 1.54) is 18.7 Å². The van der Waals surface area contributed by atoms with Crippen molar-refractivity contribution in [3.63, 3.8) is 0 Å². The Balaban J connectivity index is 1.74. The van der Waals surface area contributed by atoms with E-state index in [1.807, 2.05) is 30.7 Å². The molecule has 0 radical (unpaired) electrons. The lowest BCUT2D eigenvalue weighted by atomic mass is 10.1. The molecule has 28 heavy (non-hydrogen) atoms. The van der Waals surface area contributed by atoms with Crippen LogP contribution in [0.2, 0.25) is 0 Å². The molecule has 1 atom stereocenters. The summed E-state index contributed by atoms with van der Waals surface area (Å²) in [5.74, 6) is 0.538. The Hall–Kier alpha value is -3.00. The van der Waals surface area contributed by atoms with Gasteiger partial charge in [0.05, 0.1) is 5.25 Å². The van der Waals surface area contributed by atoms with Gasteiger partial charge in [0.2, 0.25) is 5.91 Å². The van der Waals surface area contributed by atoms with Crippen LogP contribution < -0.4 is 5.32 Å². The molecule has 0 saturated carbocycles. The SMILES string of the molecule is CC[C@@H](Sc1nnc(-c2ccncc2)n1C)C(=O)Nc1cccc(C(C)=O)c1. The van der Waals surface area contributed by atoms with Crippen LogP contribution in [-0.2, 0) is 11.8 Å². The zero-order valence-corrected chi connectivity index (χ0v) is 16.7. The molecule has 0 aliphatic carbocycles. The summed E-state index contributed by atoms with van der Waals surface area (Å²) in [4.78, 5) is 28.3. The predicted octanol–water partition coefficient (Wildman–Crippen LogP) is 3.59. The maximum Gasteiger partial charge on any atom is 0.237 e. The number of nitrogens with zero attached hydrogens (tertiary/aromatic N) is 4. The summed E-state index contributed by atoms with van der Waals surface area (Å²) >= 11 is 1.36. The molecule has 0 aliphatic heterocycles. The van der Waals surface area contributed by atoms with Crippen LogP contribution in [0.25, 0.3) is 11.4 Å². The van der Waals surface area contributed by atoms with Crippen molar-refractivity contribution in [3.05, 3.63) is 54.4 Å². The van der Waals surface area contributed by atoms with Gasteiger partial charge in [0.25, 0.3) is 0 Å². The second-order valence-corrected chi connectivity index (χ2v) is 7.41. The van der Waals surface area contributed by atoms with Crippen molar-refractivity contribution in [1.29, 1.82) is 0 Å². The quantitative estimate of drug-likeness (QED) is 0.486. The van der Waals surface area contributed by atoms with E-state index < -0.39 is 0 Å². The van der Waals surface area contributed by atoms with Gasteiger partial charge in [-0.1, -0.05) is 30.8 Å². The molecule has 1 N–H and O–H groups in total. The molecule has 144 valence electrons. The first kappa shape index (κ1) is 19.8. The molecule has 2 heterocycles. The number of hydrogen-bond donors (Lipinski definition) is 1. The van der Waals surface area contributed by atoms with Crippen LogP contribution in [0.5, 0.6) is 0 Å². The average Bonchev–Trinajstić information content (AvgIpc) is 3.07. The molecule has 0 aliphatic rings. The van der Waals surface area contributed by atoms with Crippen LogP contribution in [-0.4, -0.2) is 36.7 Å². The number of amides is 1. The second kappa shape index (κ2) is 8.79. The number of nitrogens with one attached hydrogen (secondary N) is 1. The number of hydrogen-bond acceptors (Lipinski definition) is 6. The molecule has 2 aromatic heterocycles. The largest absolute Gasteiger partial charge is 0.325 e. The van der Waals surface area contributed by atoms with E-state index in [-0.39, 0.29) is 16.9 Å². The summed E-state index contributed by atoms with van der Waals surface area (Å²) < 4.78 is 1.87. The molecule has 8 heteroatoms. The number of pyridine rings is 1. The van der Waals surface area contributed by atoms with Gasteiger partial charge in [-0.15, -0.1) is 10.2 Å². The molecule has 1 amide bonds. The van der Waals surface area contributed by atoms with Crippen molar-refractivity contribution in [1.82, 2.24) is 19.7 Å². The van der Waals surface area contributed by atoms with Gasteiger partial charge in [-0.3, -0.25) is 14.6 Å². The Morgan fingerprint density at radius 3 is 2.61 bits per heavy atom. The summed E-state index contributed by atoms with van der Waals surface area (Å²) in [5.41, 5.74) is 2.08. The van der Waals surface area contributed by atoms with Gasteiger partial charge in [0.15, 0.2) is 16.8 Å². The smallest absolute Gasteiger partial charge is 0.237 e. The van der Waals surface area contributed by atoms with Gasteiger partial charge < -0.3 is 9.88 Å². The van der Waals surface area contributed by atoms with Crippen molar-refractivity contribution in [2.75, 3.05) is 5.32 Å². The van der Waals surface area contributed by atoms with Crippen molar-refractivity contribution in [3.8, 4) is 11.4 Å². The zero-order valence-electron chi connectivity index (χ0n) is 15.9. The van der Waals surface area contributed by atoms with Crippen molar-refractivity contribution >= 4 is 29.1 Å². The van der Waals surface area contributed by atoms with Crippen molar-refractivity contribution in [2.24, 2.45) is 7.05 Å². The van der Waals surface area contributed by atoms with Gasteiger partial charge in [0, 0.05) is 36.3 Å². The second-order valence-electron chi connectivity index (χ2n) is 6.24. The standard InChI is InChI=1S/C20H21N5O2S/c1-4-17(19(27)22-16-7-5-6-15(12-16)13(2)26)28-20-24-23-18(25(20)3)14-8-10-21-11-9-14/h5-12,17H,4H2,1-3H3,(H,22,27)/t17-/m1/s1. The normalized spacial score (nSPS) is 11.8. The monoisotopic (exact) mass is 395 g/mol. The number of Topliss-reactive ketones (excluding diaryl/α,β-unsaturated/α-hetero) is 1. The lowest BCUT2D eigenvalue weighted by Crippen LogP contribution is -2.25. The molecule has 0 unspecified atom stereocenters. The van der Waals surface area contributed by atoms with Crippen LogP contribution in [0.3, 0.4) is 0 Å². The highest BCUT2D eigenvalue weighted by molar-refractivity contribution is 8.00. The maximum absolute atomic E-state index is 12.7. The van der Waals surface area contributed by atoms with Gasteiger partial charge >= 0.3 is 0 Å². The molecule has 1 aromatic carbocycles. The number of thioether (sulfide) groups is 1. The minimum Gasteiger partial charge on any atom is -0.325 e. The fourth-order valence-corrected chi connectivity index (χ4v) is 3.58. The van der Waals surface area contributed by atoms with Crippen molar-refractivity contribution in [2.45, 2.75) is 30.7 Å². The number of ketones is 1. The molecule has 0 spiro atoms. The molecule has 7 nitrogen and oxygen atoms in total. The number of aromatic nitrogens is 4. The number of carbonyl (C=O) groups is 2. The maximum atomic E-state index is 12.7. The third-order valence-electron chi connectivity index (χ3n) is 4.22. The Bertz CT molecular complexity index is 987. The number of rotatable bonds is 7. The predicted molar refractivity (Wildman–Crippen MR) is 109 cm³/mol. The fourth-order valence-electron chi connectivity index (χ4n) is 2.66. The molecular formula is C20H21N5O2S. The Morgan fingerprint density at radius 1 is 1.18 bits per heavy atom. The highest BCUT2D eigenvalue weighted by Gasteiger charge is 2.22. The Morgan fingerprint density at radius 2 is 1.93 bits per heavy atom. The first-order valence-corrected chi connectivity index (χ1v) is 9.76. The summed E-state index contributed by atoms with van der Waals surface area (Å²) in [6.07, 6.45) is 4.03. The van der Waals surface area contributed by atoms with E-state index in [0.29, 0.717) is 28.7 Å². The summed E-state index contributed by atoms with van der Waals surface area (Å²) in [5, 5.41) is 11.7. The van der Waals surface area contributed by atoms with Gasteiger partial charge in [-0.25, -0.2) is 0 Å². The molecule has 3 rings (SSSR count). The summed E-state index contributed by atoms with van der Waals surface area (Å²) in [7, 11) is 1.87. The lowest BCUT2D eigenvalue weighted by molar-refractivity contribution is -0.115. The molecule has 0 saturated heterocycles. The zero-order chi connectivity index (χ0) is 20.1. The third kappa shape index (κ3) is 4.45. The van der Waals surface area contributed by atoms with E-state index in [1.54, 1.807) is 36.7 Å². The summed E-state index contributed by atoms with van der Waals surface area (Å²) in [6, 6.07) is 10.7. The topological polar surface area (TPSA) is 89.8 Å². The highest BCUT2D eigenvalue weighted by Crippen LogP contribution is 2.28. The lowest BCUT2D eigenvalue weighted by Gasteiger charge is -2.14. The van der Waals surface area contributed by atoms with Gasteiger partial charge in [-0.2, -0.15) is 0 Å². The third-order valence-corrected chi connectivity index (χ3v) is 5.62. The van der Waals surface area contributed by atoms with Crippen molar-refractivity contribution < 1.29 is 9.59 Å². The van der Waals surface area contributed by atoms with Crippen LogP contribution in [0.15, 0.2) is 53.9 Å². The number of carbonyl (C=O) groups excluding carboxylic acids is 2.